The summed E-state index contributed by atoms with van der Waals surface area (Å²) in [5, 5.41) is 3.89. The second-order valence-corrected chi connectivity index (χ2v) is 7.90. The molecule has 0 radical (unpaired) electrons. The summed E-state index contributed by atoms with van der Waals surface area (Å²) in [4.78, 5) is 0.323. The maximum atomic E-state index is 12.8. The molecule has 2 rings (SSSR count). The van der Waals surface area contributed by atoms with Crippen LogP contribution in [0, 0.1) is 5.92 Å². The van der Waals surface area contributed by atoms with E-state index >= 15 is 0 Å². The number of hydrogen-bond donors (Lipinski definition) is 1. The summed E-state index contributed by atoms with van der Waals surface area (Å²) in [5.41, 5.74) is 0. The van der Waals surface area contributed by atoms with Crippen molar-refractivity contribution < 1.29 is 8.42 Å². The molecular weight excluding hydrogens is 308 g/mol. The van der Waals surface area contributed by atoms with Crippen molar-refractivity contribution in [2.45, 2.75) is 31.1 Å². The van der Waals surface area contributed by atoms with Crippen LogP contribution in [0.5, 0.6) is 0 Å². The fourth-order valence-electron chi connectivity index (χ4n) is 2.68. The molecule has 0 amide bonds. The van der Waals surface area contributed by atoms with Gasteiger partial charge in [0.05, 0.1) is 4.90 Å². The third kappa shape index (κ3) is 4.42. The van der Waals surface area contributed by atoms with Crippen LogP contribution in [-0.2, 0) is 10.0 Å². The van der Waals surface area contributed by atoms with Gasteiger partial charge in [0.15, 0.2) is 0 Å². The number of nitrogens with zero attached hydrogens (tertiary/aromatic N) is 1. The van der Waals surface area contributed by atoms with Gasteiger partial charge in [-0.1, -0.05) is 18.5 Å². The van der Waals surface area contributed by atoms with Crippen LogP contribution in [0.15, 0.2) is 29.2 Å². The highest BCUT2D eigenvalue weighted by Gasteiger charge is 2.27. The van der Waals surface area contributed by atoms with Crippen LogP contribution in [0.25, 0.3) is 0 Å². The van der Waals surface area contributed by atoms with E-state index < -0.39 is 10.0 Å². The van der Waals surface area contributed by atoms with Gasteiger partial charge in [-0.15, -0.1) is 0 Å². The molecule has 1 fully saturated rings. The van der Waals surface area contributed by atoms with Gasteiger partial charge in [0.25, 0.3) is 0 Å². The van der Waals surface area contributed by atoms with Crippen molar-refractivity contribution in [3.63, 3.8) is 0 Å². The van der Waals surface area contributed by atoms with E-state index in [1.165, 1.54) is 0 Å². The van der Waals surface area contributed by atoms with Crippen LogP contribution < -0.4 is 5.32 Å². The average Bonchev–Trinajstić information content (AvgIpc) is 2.48. The molecular formula is C15H23ClN2O2S. The minimum atomic E-state index is -3.43. The second kappa shape index (κ2) is 7.58. The highest BCUT2D eigenvalue weighted by molar-refractivity contribution is 7.89. The SMILES string of the molecule is CCCN(CC1CCCNC1)S(=O)(=O)c1ccc(Cl)cc1. The van der Waals surface area contributed by atoms with Gasteiger partial charge in [0.1, 0.15) is 0 Å². The van der Waals surface area contributed by atoms with E-state index in [0.29, 0.717) is 28.9 Å². The molecule has 118 valence electrons. The molecule has 1 heterocycles. The van der Waals surface area contributed by atoms with Gasteiger partial charge in [-0.3, -0.25) is 0 Å². The van der Waals surface area contributed by atoms with Crippen LogP contribution in [0.4, 0.5) is 0 Å². The summed E-state index contributed by atoms with van der Waals surface area (Å²) in [7, 11) is -3.43. The minimum absolute atomic E-state index is 0.323. The van der Waals surface area contributed by atoms with Crippen molar-refractivity contribution >= 4 is 21.6 Å². The second-order valence-electron chi connectivity index (χ2n) is 5.53. The minimum Gasteiger partial charge on any atom is -0.316 e. The van der Waals surface area contributed by atoms with Gasteiger partial charge in [0, 0.05) is 18.1 Å². The lowest BCUT2D eigenvalue weighted by molar-refractivity contribution is 0.291. The number of benzene rings is 1. The predicted molar refractivity (Wildman–Crippen MR) is 86.1 cm³/mol. The Labute approximate surface area is 132 Å². The molecule has 21 heavy (non-hydrogen) atoms. The summed E-state index contributed by atoms with van der Waals surface area (Å²) in [6.45, 7) is 5.08. The molecule has 0 bridgehead atoms. The normalized spacial score (nSPS) is 19.9. The van der Waals surface area contributed by atoms with Crippen LogP contribution in [0.2, 0.25) is 5.02 Å². The summed E-state index contributed by atoms with van der Waals surface area (Å²) < 4.78 is 27.2. The molecule has 6 heteroatoms. The Balaban J connectivity index is 2.16. The molecule has 1 N–H and O–H groups in total. The van der Waals surface area contributed by atoms with E-state index in [1.54, 1.807) is 28.6 Å². The zero-order chi connectivity index (χ0) is 15.3. The molecule has 1 saturated heterocycles. The molecule has 0 saturated carbocycles. The number of halogens is 1. The highest BCUT2D eigenvalue weighted by Crippen LogP contribution is 2.21. The number of piperidine rings is 1. The topological polar surface area (TPSA) is 49.4 Å². The first kappa shape index (κ1) is 16.7. The van der Waals surface area contributed by atoms with E-state index in [9.17, 15) is 8.42 Å². The van der Waals surface area contributed by atoms with Crippen molar-refractivity contribution in [1.82, 2.24) is 9.62 Å². The first-order chi connectivity index (χ1) is 10.0. The van der Waals surface area contributed by atoms with Crippen LogP contribution in [-0.4, -0.2) is 38.9 Å². The van der Waals surface area contributed by atoms with Crippen molar-refractivity contribution in [3.05, 3.63) is 29.3 Å². The Kier molecular flexibility index (Phi) is 6.05. The Morgan fingerprint density at radius 2 is 2.05 bits per heavy atom. The Morgan fingerprint density at radius 1 is 1.33 bits per heavy atom. The summed E-state index contributed by atoms with van der Waals surface area (Å²) in [6.07, 6.45) is 3.02. The standard InChI is InChI=1S/C15H23ClN2O2S/c1-2-10-18(12-13-4-3-9-17-11-13)21(19,20)15-7-5-14(16)6-8-15/h5-8,13,17H,2-4,9-12H2,1H3. The number of rotatable bonds is 6. The number of nitrogens with one attached hydrogen (secondary N) is 1. The molecule has 1 atom stereocenters. The fraction of sp³-hybridized carbons (Fsp3) is 0.600. The smallest absolute Gasteiger partial charge is 0.243 e. The van der Waals surface area contributed by atoms with Gasteiger partial charge in [-0.2, -0.15) is 4.31 Å². The molecule has 0 aliphatic carbocycles. The lowest BCUT2D eigenvalue weighted by Gasteiger charge is -2.29. The largest absolute Gasteiger partial charge is 0.316 e. The van der Waals surface area contributed by atoms with Crippen LogP contribution >= 0.6 is 11.6 Å². The van der Waals surface area contributed by atoms with E-state index in [2.05, 4.69) is 5.32 Å². The van der Waals surface area contributed by atoms with Gasteiger partial charge in [-0.25, -0.2) is 8.42 Å². The fourth-order valence-corrected chi connectivity index (χ4v) is 4.42. The van der Waals surface area contributed by atoms with Gasteiger partial charge in [0.2, 0.25) is 10.0 Å². The Morgan fingerprint density at radius 3 is 2.62 bits per heavy atom. The van der Waals surface area contributed by atoms with E-state index in [1.807, 2.05) is 6.92 Å². The summed E-state index contributed by atoms with van der Waals surface area (Å²) >= 11 is 5.84. The van der Waals surface area contributed by atoms with E-state index in [0.717, 1.165) is 32.4 Å². The zero-order valence-corrected chi connectivity index (χ0v) is 14.0. The quantitative estimate of drug-likeness (QED) is 0.872. The molecule has 1 unspecified atom stereocenters. The van der Waals surface area contributed by atoms with Crippen LogP contribution in [0.1, 0.15) is 26.2 Å². The lowest BCUT2D eigenvalue weighted by atomic mass is 10.00. The van der Waals surface area contributed by atoms with Crippen molar-refractivity contribution in [3.8, 4) is 0 Å². The molecule has 1 aromatic rings. The first-order valence-electron chi connectivity index (χ1n) is 7.50. The lowest BCUT2D eigenvalue weighted by Crippen LogP contribution is -2.41. The molecule has 1 aromatic carbocycles. The number of sulfonamides is 1. The van der Waals surface area contributed by atoms with Gasteiger partial charge in [-0.05, 0) is 62.5 Å². The first-order valence-corrected chi connectivity index (χ1v) is 9.32. The monoisotopic (exact) mass is 330 g/mol. The maximum Gasteiger partial charge on any atom is 0.243 e. The maximum absolute atomic E-state index is 12.8. The predicted octanol–water partition coefficient (Wildman–Crippen LogP) is 2.74. The third-order valence-corrected chi connectivity index (χ3v) is 5.92. The zero-order valence-electron chi connectivity index (χ0n) is 12.4. The average molecular weight is 331 g/mol. The molecule has 0 aromatic heterocycles. The van der Waals surface area contributed by atoms with Crippen molar-refractivity contribution in [2.75, 3.05) is 26.2 Å². The summed E-state index contributed by atoms with van der Waals surface area (Å²) in [6, 6.07) is 6.42. The molecule has 1 aliphatic heterocycles. The molecule has 1 aliphatic rings. The molecule has 0 spiro atoms. The Hall–Kier alpha value is -0.620. The highest BCUT2D eigenvalue weighted by atomic mass is 35.5. The van der Waals surface area contributed by atoms with Crippen molar-refractivity contribution in [1.29, 1.82) is 0 Å². The third-order valence-electron chi connectivity index (χ3n) is 3.79. The summed E-state index contributed by atoms with van der Waals surface area (Å²) in [5.74, 6) is 0.396. The Bertz CT molecular complexity index is 539. The van der Waals surface area contributed by atoms with Gasteiger partial charge >= 0.3 is 0 Å². The van der Waals surface area contributed by atoms with Crippen molar-refractivity contribution in [2.24, 2.45) is 5.92 Å². The number of hydrogen-bond acceptors (Lipinski definition) is 3. The van der Waals surface area contributed by atoms with Gasteiger partial charge < -0.3 is 5.32 Å². The van der Waals surface area contributed by atoms with Crippen LogP contribution in [0.3, 0.4) is 0 Å². The van der Waals surface area contributed by atoms with E-state index in [-0.39, 0.29) is 0 Å². The van der Waals surface area contributed by atoms with E-state index in [4.69, 9.17) is 11.6 Å². The molecule has 4 nitrogen and oxygen atoms in total.